The summed E-state index contributed by atoms with van der Waals surface area (Å²) in [5.74, 6) is 0. The molecule has 0 amide bonds. The Balaban J connectivity index is 2.69. The highest BCUT2D eigenvalue weighted by Gasteiger charge is 2.23. The van der Waals surface area contributed by atoms with Gasteiger partial charge in [0.1, 0.15) is 0 Å². The van der Waals surface area contributed by atoms with Crippen LogP contribution in [0.25, 0.3) is 0 Å². The van der Waals surface area contributed by atoms with E-state index in [1.165, 1.54) is 23.3 Å². The second-order valence-corrected chi connectivity index (χ2v) is 9.62. The molecule has 116 valence electrons. The van der Waals surface area contributed by atoms with Gasteiger partial charge in [-0.1, -0.05) is 49.0 Å². The molecule has 0 aliphatic rings. The molecule has 0 aliphatic carbocycles. The molecule has 1 aromatic carbocycles. The summed E-state index contributed by atoms with van der Waals surface area (Å²) in [6.07, 6.45) is 4.17. The third kappa shape index (κ3) is 6.98. The smallest absolute Gasteiger partial charge is 0.291 e. The van der Waals surface area contributed by atoms with Crippen LogP contribution in [0.2, 0.25) is 0 Å². The van der Waals surface area contributed by atoms with Crippen LogP contribution in [0.3, 0.4) is 0 Å². The first-order valence-electron chi connectivity index (χ1n) is 7.00. The van der Waals surface area contributed by atoms with Crippen LogP contribution in [0.5, 0.6) is 0 Å². The van der Waals surface area contributed by atoms with Crippen molar-refractivity contribution < 1.29 is 4.57 Å². The van der Waals surface area contributed by atoms with Gasteiger partial charge in [0, 0.05) is 11.8 Å². The number of hydrogen-bond donors (Lipinski definition) is 2. The first kappa shape index (κ1) is 18.0. The van der Waals surface area contributed by atoms with Crippen LogP contribution in [0.1, 0.15) is 25.8 Å². The van der Waals surface area contributed by atoms with Crippen molar-refractivity contribution in [2.24, 2.45) is 4.99 Å². The van der Waals surface area contributed by atoms with E-state index < -0.39 is 6.65 Å². The number of rotatable bonds is 9. The van der Waals surface area contributed by atoms with Crippen LogP contribution < -0.4 is 10.2 Å². The molecule has 6 heteroatoms. The molecule has 0 aromatic heterocycles. The van der Waals surface area contributed by atoms with Crippen molar-refractivity contribution in [2.45, 2.75) is 32.4 Å². The Bertz CT molecular complexity index is 516. The predicted molar refractivity (Wildman–Crippen MR) is 95.6 cm³/mol. The minimum absolute atomic E-state index is 0.299. The number of aryl methyl sites for hydroxylation is 1. The molecule has 0 saturated heterocycles. The molecule has 21 heavy (non-hydrogen) atoms. The highest BCUT2D eigenvalue weighted by atomic mass is 32.7. The predicted octanol–water partition coefficient (Wildman–Crippen LogP) is 4.66. The van der Waals surface area contributed by atoms with Gasteiger partial charge in [-0.05, 0) is 25.5 Å². The summed E-state index contributed by atoms with van der Waals surface area (Å²) in [5, 5.41) is 6.23. The largest absolute Gasteiger partial charge is 0.307 e. The summed E-state index contributed by atoms with van der Waals surface area (Å²) in [6, 6.07) is 7.85. The summed E-state index contributed by atoms with van der Waals surface area (Å²) >= 11 is 1.42. The summed E-state index contributed by atoms with van der Waals surface area (Å²) in [4.78, 5) is 4.29. The molecule has 2 N–H and O–H groups in total. The monoisotopic (exact) mass is 325 g/mol. The Morgan fingerprint density at radius 1 is 1.43 bits per heavy atom. The average molecular weight is 325 g/mol. The summed E-state index contributed by atoms with van der Waals surface area (Å²) < 4.78 is 12.8. The Morgan fingerprint density at radius 3 is 2.67 bits per heavy atom. The minimum Gasteiger partial charge on any atom is -0.307 e. The molecule has 0 spiro atoms. The molecular formula is C15H24N3OPS. The van der Waals surface area contributed by atoms with Gasteiger partial charge in [-0.2, -0.15) is 0 Å². The normalized spacial score (nSPS) is 15.6. The standard InChI is InChI=1S/C15H24N3OPS/c1-5-11-17-20(19,21-14(4)6-2)18-12-16-15-9-7-13(3)8-10-15/h5,7-10,12,14H,1,6,11H2,2-4H3,(H2,16,17,18,19). The second-order valence-electron chi connectivity index (χ2n) is 4.75. The summed E-state index contributed by atoms with van der Waals surface area (Å²) in [5.41, 5.74) is 2.02. The van der Waals surface area contributed by atoms with E-state index in [2.05, 4.69) is 35.6 Å². The Morgan fingerprint density at radius 2 is 2.10 bits per heavy atom. The van der Waals surface area contributed by atoms with Gasteiger partial charge in [0.2, 0.25) is 0 Å². The van der Waals surface area contributed by atoms with Gasteiger partial charge < -0.3 is 5.09 Å². The van der Waals surface area contributed by atoms with E-state index in [4.69, 9.17) is 0 Å². The van der Waals surface area contributed by atoms with E-state index in [0.717, 1.165) is 12.1 Å². The quantitative estimate of drug-likeness (QED) is 0.300. The Hall–Kier alpha value is -1.03. The molecule has 0 aliphatic heterocycles. The maximum atomic E-state index is 12.8. The molecule has 0 heterocycles. The third-order valence-electron chi connectivity index (χ3n) is 2.82. The number of benzene rings is 1. The van der Waals surface area contributed by atoms with Gasteiger partial charge in [0.25, 0.3) is 6.65 Å². The molecule has 2 atom stereocenters. The minimum atomic E-state index is -2.76. The lowest BCUT2D eigenvalue weighted by molar-refractivity contribution is 0.575. The molecule has 0 radical (unpaired) electrons. The molecule has 1 aromatic rings. The molecule has 0 fully saturated rings. The maximum absolute atomic E-state index is 12.8. The first-order chi connectivity index (χ1) is 9.99. The molecule has 4 nitrogen and oxygen atoms in total. The lowest BCUT2D eigenvalue weighted by atomic mass is 10.2. The zero-order chi connectivity index (χ0) is 15.7. The van der Waals surface area contributed by atoms with E-state index in [-0.39, 0.29) is 0 Å². The van der Waals surface area contributed by atoms with Gasteiger partial charge in [-0.15, -0.1) is 6.58 Å². The lowest BCUT2D eigenvalue weighted by Crippen LogP contribution is -2.20. The van der Waals surface area contributed by atoms with Gasteiger partial charge in [0.05, 0.1) is 12.0 Å². The first-order valence-corrected chi connectivity index (χ1v) is 10.2. The van der Waals surface area contributed by atoms with Crippen LogP contribution in [-0.4, -0.2) is 18.1 Å². The van der Waals surface area contributed by atoms with Gasteiger partial charge >= 0.3 is 0 Å². The summed E-state index contributed by atoms with van der Waals surface area (Å²) in [6.45, 7) is 7.55. The van der Waals surface area contributed by atoms with Crippen LogP contribution in [0.4, 0.5) is 5.69 Å². The number of nitrogens with one attached hydrogen (secondary N) is 2. The van der Waals surface area contributed by atoms with Crippen LogP contribution >= 0.6 is 18.0 Å². The van der Waals surface area contributed by atoms with Crippen molar-refractivity contribution in [1.82, 2.24) is 10.2 Å². The van der Waals surface area contributed by atoms with E-state index in [9.17, 15) is 4.57 Å². The fourth-order valence-electron chi connectivity index (χ4n) is 1.44. The van der Waals surface area contributed by atoms with E-state index in [0.29, 0.717) is 11.8 Å². The average Bonchev–Trinajstić information content (AvgIpc) is 2.47. The van der Waals surface area contributed by atoms with Crippen molar-refractivity contribution in [3.05, 3.63) is 42.5 Å². The zero-order valence-electron chi connectivity index (χ0n) is 12.9. The fourth-order valence-corrected chi connectivity index (χ4v) is 5.64. The fraction of sp³-hybridized carbons (Fsp3) is 0.400. The lowest BCUT2D eigenvalue weighted by Gasteiger charge is -2.20. The van der Waals surface area contributed by atoms with E-state index >= 15 is 0 Å². The van der Waals surface area contributed by atoms with Crippen molar-refractivity contribution in [1.29, 1.82) is 0 Å². The Kier molecular flexibility index (Phi) is 7.79. The van der Waals surface area contributed by atoms with Crippen molar-refractivity contribution in [2.75, 3.05) is 6.54 Å². The highest BCUT2D eigenvalue weighted by Crippen LogP contribution is 2.53. The summed E-state index contributed by atoms with van der Waals surface area (Å²) in [7, 11) is 0. The van der Waals surface area contributed by atoms with Crippen LogP contribution in [-0.2, 0) is 4.57 Å². The van der Waals surface area contributed by atoms with Crippen molar-refractivity contribution in [3.63, 3.8) is 0 Å². The molecule has 0 bridgehead atoms. The van der Waals surface area contributed by atoms with Crippen molar-refractivity contribution in [3.8, 4) is 0 Å². The third-order valence-corrected chi connectivity index (χ3v) is 7.54. The number of nitrogens with zero attached hydrogens (tertiary/aromatic N) is 1. The van der Waals surface area contributed by atoms with Crippen LogP contribution in [0.15, 0.2) is 41.9 Å². The van der Waals surface area contributed by atoms with Crippen molar-refractivity contribution >= 4 is 30.1 Å². The molecule has 1 rings (SSSR count). The molecular weight excluding hydrogens is 301 g/mol. The Labute approximate surface area is 131 Å². The van der Waals surface area contributed by atoms with Gasteiger partial charge in [-0.25, -0.2) is 10.1 Å². The second kappa shape index (κ2) is 9.08. The number of hydrogen-bond acceptors (Lipinski definition) is 3. The van der Waals surface area contributed by atoms with Gasteiger partial charge in [-0.3, -0.25) is 4.57 Å². The SMILES string of the molecule is C=CCNP(=O)(NC=Nc1ccc(C)cc1)SC(C)CC. The highest BCUT2D eigenvalue weighted by molar-refractivity contribution is 8.57. The maximum Gasteiger partial charge on any atom is 0.291 e. The van der Waals surface area contributed by atoms with Gasteiger partial charge in [0.15, 0.2) is 0 Å². The molecule has 0 saturated carbocycles. The topological polar surface area (TPSA) is 53.5 Å². The zero-order valence-corrected chi connectivity index (χ0v) is 14.6. The van der Waals surface area contributed by atoms with Crippen LogP contribution in [0, 0.1) is 6.92 Å². The molecule has 2 unspecified atom stereocenters. The van der Waals surface area contributed by atoms with E-state index in [1.54, 1.807) is 6.08 Å². The number of aliphatic imine (C=N–C) groups is 1. The van der Waals surface area contributed by atoms with E-state index in [1.807, 2.05) is 31.2 Å².